The number of carbonyl (C=O) groups is 2. The largest absolute Gasteiger partial charge is 0.463 e. The van der Waals surface area contributed by atoms with Crippen molar-refractivity contribution >= 4 is 11.9 Å². The molecule has 0 saturated carbocycles. The first kappa shape index (κ1) is 13.7. The van der Waals surface area contributed by atoms with E-state index >= 15 is 0 Å². The molecule has 0 saturated heterocycles. The van der Waals surface area contributed by atoms with Crippen LogP contribution < -0.4 is 0 Å². The van der Waals surface area contributed by atoms with Gasteiger partial charge in [0.25, 0.3) is 0 Å². The first-order chi connectivity index (χ1) is 7.11. The molecule has 0 spiro atoms. The van der Waals surface area contributed by atoms with Gasteiger partial charge in [0.2, 0.25) is 0 Å². The van der Waals surface area contributed by atoms with Gasteiger partial charge in [0.1, 0.15) is 0 Å². The molecule has 0 aliphatic rings. The number of carbonyl (C=O) groups excluding carboxylic acids is 2. The molecule has 0 aromatic carbocycles. The van der Waals surface area contributed by atoms with Gasteiger partial charge in [-0.25, -0.2) is 9.59 Å². The van der Waals surface area contributed by atoms with Crippen molar-refractivity contribution in [2.45, 2.75) is 39.7 Å². The molecule has 1 unspecified atom stereocenters. The van der Waals surface area contributed by atoms with E-state index in [0.717, 1.165) is 12.8 Å². The molecular weight excluding hydrogens is 196 g/mol. The van der Waals surface area contributed by atoms with Gasteiger partial charge in [-0.2, -0.15) is 0 Å². The first-order valence-electron chi connectivity index (χ1n) is 5.11. The van der Waals surface area contributed by atoms with Crippen molar-refractivity contribution in [1.82, 2.24) is 0 Å². The molecule has 4 heteroatoms. The van der Waals surface area contributed by atoms with Gasteiger partial charge < -0.3 is 9.47 Å². The van der Waals surface area contributed by atoms with Crippen molar-refractivity contribution in [3.05, 3.63) is 12.2 Å². The van der Waals surface area contributed by atoms with Crippen LogP contribution in [0.2, 0.25) is 0 Å². The average Bonchev–Trinajstić information content (AvgIpc) is 2.18. The van der Waals surface area contributed by atoms with E-state index in [1.807, 2.05) is 6.92 Å². The molecule has 0 radical (unpaired) electrons. The lowest BCUT2D eigenvalue weighted by molar-refractivity contribution is -0.163. The smallest absolute Gasteiger partial charge is 0.347 e. The zero-order valence-electron chi connectivity index (χ0n) is 9.49. The predicted molar refractivity (Wildman–Crippen MR) is 56.2 cm³/mol. The predicted octanol–water partition coefficient (Wildman–Crippen LogP) is 1.84. The van der Waals surface area contributed by atoms with Gasteiger partial charge in [-0.15, -0.1) is 0 Å². The van der Waals surface area contributed by atoms with Gasteiger partial charge in [-0.05, 0) is 20.3 Å². The molecule has 0 fully saturated rings. The van der Waals surface area contributed by atoms with Crippen molar-refractivity contribution in [3.63, 3.8) is 0 Å². The topological polar surface area (TPSA) is 52.6 Å². The molecule has 0 heterocycles. The summed E-state index contributed by atoms with van der Waals surface area (Å²) in [6.07, 6.45) is 3.75. The van der Waals surface area contributed by atoms with Gasteiger partial charge in [-0.3, -0.25) is 0 Å². The van der Waals surface area contributed by atoms with Crippen LogP contribution in [0.15, 0.2) is 12.2 Å². The summed E-state index contributed by atoms with van der Waals surface area (Å²) in [5.74, 6) is -1.03. The van der Waals surface area contributed by atoms with Gasteiger partial charge >= 0.3 is 11.9 Å². The zero-order chi connectivity index (χ0) is 11.7. The molecule has 1 atom stereocenters. The Labute approximate surface area is 90.2 Å². The van der Waals surface area contributed by atoms with E-state index < -0.39 is 18.0 Å². The molecule has 0 aliphatic carbocycles. The Hall–Kier alpha value is -1.32. The summed E-state index contributed by atoms with van der Waals surface area (Å²) in [5.41, 5.74) is 0. The van der Waals surface area contributed by atoms with E-state index in [1.165, 1.54) is 13.0 Å². The number of unbranched alkanes of at least 4 members (excludes halogenated alkanes) is 1. The van der Waals surface area contributed by atoms with Gasteiger partial charge in [0.15, 0.2) is 6.10 Å². The minimum Gasteiger partial charge on any atom is -0.463 e. The Morgan fingerprint density at radius 1 is 1.40 bits per heavy atom. The lowest BCUT2D eigenvalue weighted by atomic mass is 10.3. The Bertz CT molecular complexity index is 233. The molecular formula is C11H18O4. The summed E-state index contributed by atoms with van der Waals surface area (Å²) in [4.78, 5) is 22.2. The SMILES string of the molecule is C/C=C/C(=O)OC(C)C(=O)OCCCC. The van der Waals surface area contributed by atoms with E-state index in [9.17, 15) is 9.59 Å². The molecule has 0 amide bonds. The summed E-state index contributed by atoms with van der Waals surface area (Å²) in [5, 5.41) is 0. The second-order valence-corrected chi connectivity index (χ2v) is 3.10. The van der Waals surface area contributed by atoms with E-state index in [-0.39, 0.29) is 0 Å². The Morgan fingerprint density at radius 2 is 2.07 bits per heavy atom. The maximum absolute atomic E-state index is 11.2. The number of esters is 2. The van der Waals surface area contributed by atoms with Crippen LogP contribution in [-0.2, 0) is 19.1 Å². The number of hydrogen-bond donors (Lipinski definition) is 0. The van der Waals surface area contributed by atoms with E-state index in [0.29, 0.717) is 6.61 Å². The van der Waals surface area contributed by atoms with Crippen LogP contribution in [-0.4, -0.2) is 24.6 Å². The fourth-order valence-electron chi connectivity index (χ4n) is 0.832. The standard InChI is InChI=1S/C11H18O4/c1-4-6-8-14-11(13)9(3)15-10(12)7-5-2/h5,7,9H,4,6,8H2,1-3H3/b7-5+. The summed E-state index contributed by atoms with van der Waals surface area (Å²) in [6, 6.07) is 0. The first-order valence-corrected chi connectivity index (χ1v) is 5.11. The maximum atomic E-state index is 11.2. The highest BCUT2D eigenvalue weighted by Gasteiger charge is 2.17. The highest BCUT2D eigenvalue weighted by atomic mass is 16.6. The second kappa shape index (κ2) is 8.03. The van der Waals surface area contributed by atoms with Crippen LogP contribution in [0, 0.1) is 0 Å². The van der Waals surface area contributed by atoms with Crippen LogP contribution in [0.5, 0.6) is 0 Å². The number of hydrogen-bond acceptors (Lipinski definition) is 4. The highest BCUT2D eigenvalue weighted by molar-refractivity contribution is 5.85. The molecule has 0 aromatic heterocycles. The van der Waals surface area contributed by atoms with Crippen LogP contribution in [0.3, 0.4) is 0 Å². The molecule has 0 aromatic rings. The van der Waals surface area contributed by atoms with Crippen molar-refractivity contribution in [3.8, 4) is 0 Å². The van der Waals surface area contributed by atoms with E-state index in [2.05, 4.69) is 0 Å². The Kier molecular flexibility index (Phi) is 7.32. The van der Waals surface area contributed by atoms with Crippen LogP contribution in [0.1, 0.15) is 33.6 Å². The zero-order valence-corrected chi connectivity index (χ0v) is 9.49. The summed E-state index contributed by atoms with van der Waals surface area (Å²) < 4.78 is 9.67. The van der Waals surface area contributed by atoms with E-state index in [4.69, 9.17) is 9.47 Å². The number of ether oxygens (including phenoxy) is 2. The van der Waals surface area contributed by atoms with Crippen molar-refractivity contribution < 1.29 is 19.1 Å². The van der Waals surface area contributed by atoms with Crippen molar-refractivity contribution in [2.24, 2.45) is 0 Å². The minimum absolute atomic E-state index is 0.376. The molecule has 4 nitrogen and oxygen atoms in total. The number of rotatable bonds is 6. The molecule has 0 N–H and O–H groups in total. The molecule has 0 aliphatic heterocycles. The Morgan fingerprint density at radius 3 is 2.60 bits per heavy atom. The third-order valence-electron chi connectivity index (χ3n) is 1.67. The summed E-state index contributed by atoms with van der Waals surface area (Å²) in [6.45, 7) is 5.57. The minimum atomic E-state index is -0.842. The molecule has 15 heavy (non-hydrogen) atoms. The highest BCUT2D eigenvalue weighted by Crippen LogP contribution is 1.98. The lowest BCUT2D eigenvalue weighted by Gasteiger charge is -2.10. The fourth-order valence-corrected chi connectivity index (χ4v) is 0.832. The molecule has 0 rings (SSSR count). The monoisotopic (exact) mass is 214 g/mol. The Balaban J connectivity index is 3.83. The van der Waals surface area contributed by atoms with Crippen LogP contribution in [0.25, 0.3) is 0 Å². The number of allylic oxidation sites excluding steroid dienone is 1. The van der Waals surface area contributed by atoms with Crippen LogP contribution in [0.4, 0.5) is 0 Å². The summed E-state index contributed by atoms with van der Waals surface area (Å²) >= 11 is 0. The molecule has 0 bridgehead atoms. The maximum Gasteiger partial charge on any atom is 0.347 e. The normalized spacial score (nSPS) is 12.5. The average molecular weight is 214 g/mol. The summed E-state index contributed by atoms with van der Waals surface area (Å²) in [7, 11) is 0. The van der Waals surface area contributed by atoms with Crippen molar-refractivity contribution in [1.29, 1.82) is 0 Å². The second-order valence-electron chi connectivity index (χ2n) is 3.10. The quantitative estimate of drug-likeness (QED) is 0.384. The van der Waals surface area contributed by atoms with Crippen molar-refractivity contribution in [2.75, 3.05) is 6.61 Å². The third kappa shape index (κ3) is 6.71. The van der Waals surface area contributed by atoms with E-state index in [1.54, 1.807) is 13.0 Å². The van der Waals surface area contributed by atoms with Gasteiger partial charge in [-0.1, -0.05) is 19.4 Å². The fraction of sp³-hybridized carbons (Fsp3) is 0.636. The van der Waals surface area contributed by atoms with Gasteiger partial charge in [0, 0.05) is 6.08 Å². The lowest BCUT2D eigenvalue weighted by Crippen LogP contribution is -2.25. The van der Waals surface area contributed by atoms with Gasteiger partial charge in [0.05, 0.1) is 6.61 Å². The third-order valence-corrected chi connectivity index (χ3v) is 1.67. The van der Waals surface area contributed by atoms with Crippen LogP contribution >= 0.6 is 0 Å². The molecule has 86 valence electrons.